The van der Waals surface area contributed by atoms with Crippen molar-refractivity contribution in [3.8, 4) is 0 Å². The summed E-state index contributed by atoms with van der Waals surface area (Å²) in [5.41, 5.74) is 0. The van der Waals surface area contributed by atoms with Crippen molar-refractivity contribution in [1.29, 1.82) is 0 Å². The summed E-state index contributed by atoms with van der Waals surface area (Å²) >= 11 is 0. The van der Waals surface area contributed by atoms with Gasteiger partial charge in [-0.1, -0.05) is 0 Å². The van der Waals surface area contributed by atoms with E-state index in [4.69, 9.17) is 5.11 Å². The molecule has 0 spiro atoms. The van der Waals surface area contributed by atoms with Gasteiger partial charge in [-0.15, -0.1) is 0 Å². The molecule has 1 N–H and O–H groups in total. The van der Waals surface area contributed by atoms with Gasteiger partial charge in [-0.3, -0.25) is 0 Å². The number of rotatable bonds is 1. The molecule has 7 heavy (non-hydrogen) atoms. The molecule has 0 amide bonds. The molecule has 0 heterocycles. The highest BCUT2D eigenvalue weighted by atomic mass is 19.1. The van der Waals surface area contributed by atoms with Crippen molar-refractivity contribution < 1.29 is 14.3 Å². The van der Waals surface area contributed by atoms with E-state index in [1.807, 2.05) is 0 Å². The van der Waals surface area contributed by atoms with Crippen LogP contribution in [0, 0.1) is 0 Å². The molecule has 0 aromatic carbocycles. The minimum Gasteiger partial charge on any atom is -0.476 e. The molecule has 0 radical (unpaired) electrons. The molecule has 0 aliphatic heterocycles. The number of allylic oxidation sites excluding steroid dienone is 1. The summed E-state index contributed by atoms with van der Waals surface area (Å²) in [6.07, 6.45) is 0.891. The van der Waals surface area contributed by atoms with E-state index >= 15 is 0 Å². The van der Waals surface area contributed by atoms with E-state index in [1.165, 1.54) is 6.92 Å². The fraction of sp³-hybridized carbons (Fsp3) is 0.250. The molecule has 2 nitrogen and oxygen atoms in total. The molecule has 0 aromatic heterocycles. The molecule has 0 saturated carbocycles. The Morgan fingerprint density at radius 3 is 2.29 bits per heavy atom. The maximum absolute atomic E-state index is 11.5. The molecule has 0 aliphatic rings. The molecular weight excluding hydrogens is 99.0 g/mol. The average Bonchev–Trinajstić information content (AvgIpc) is 1.65. The van der Waals surface area contributed by atoms with Crippen LogP contribution in [0.1, 0.15) is 6.92 Å². The van der Waals surface area contributed by atoms with Crippen molar-refractivity contribution in [2.24, 2.45) is 0 Å². The third-order valence-electron chi connectivity index (χ3n) is 0.458. The summed E-state index contributed by atoms with van der Waals surface area (Å²) in [6, 6.07) is 0. The van der Waals surface area contributed by atoms with Crippen LogP contribution < -0.4 is 0 Å². The number of aliphatic carboxylic acids is 1. The summed E-state index contributed by atoms with van der Waals surface area (Å²) in [4.78, 5) is 9.49. The molecule has 0 unspecified atom stereocenters. The second-order valence-corrected chi connectivity index (χ2v) is 0.942. The lowest BCUT2D eigenvalue weighted by molar-refractivity contribution is -0.134. The van der Waals surface area contributed by atoms with Crippen LogP contribution in [0.3, 0.4) is 0 Å². The van der Waals surface area contributed by atoms with Crippen molar-refractivity contribution in [1.82, 2.24) is 0 Å². The average molecular weight is 104 g/mol. The number of hydrogen-bond acceptors (Lipinski definition) is 1. The maximum Gasteiger partial charge on any atom is 0.364 e. The van der Waals surface area contributed by atoms with Crippen LogP contribution in [-0.4, -0.2) is 11.1 Å². The van der Waals surface area contributed by atoms with Gasteiger partial charge in [-0.2, -0.15) is 4.39 Å². The zero-order chi connectivity index (χ0) is 5.86. The van der Waals surface area contributed by atoms with Crippen LogP contribution in [0.5, 0.6) is 0 Å². The molecule has 40 valence electrons. The monoisotopic (exact) mass is 104 g/mol. The van der Waals surface area contributed by atoms with Crippen molar-refractivity contribution in [2.75, 3.05) is 0 Å². The van der Waals surface area contributed by atoms with Gasteiger partial charge in [-0.05, 0) is 13.0 Å². The Morgan fingerprint density at radius 2 is 2.29 bits per heavy atom. The first-order chi connectivity index (χ1) is 3.18. The minimum atomic E-state index is -1.51. The standard InChI is InChI=1S/C4H5FO2/c1-2-3(5)4(6)7/h2H,1H3,(H,6,7)/b3-2+. The number of hydrogen-bond donors (Lipinski definition) is 1. The Bertz CT molecular complexity index is 106. The Balaban J connectivity index is 3.82. The van der Waals surface area contributed by atoms with Crippen molar-refractivity contribution in [3.63, 3.8) is 0 Å². The quantitative estimate of drug-likeness (QED) is 0.503. The molecule has 0 rings (SSSR count). The first-order valence-corrected chi connectivity index (χ1v) is 1.73. The predicted octanol–water partition coefficient (Wildman–Crippen LogP) is 0.944. The zero-order valence-electron chi connectivity index (χ0n) is 3.81. The van der Waals surface area contributed by atoms with E-state index < -0.39 is 11.8 Å². The highest BCUT2D eigenvalue weighted by Gasteiger charge is 1.99. The smallest absolute Gasteiger partial charge is 0.364 e. The molecule has 0 fully saturated rings. The van der Waals surface area contributed by atoms with E-state index in [0.29, 0.717) is 0 Å². The van der Waals surface area contributed by atoms with E-state index in [2.05, 4.69) is 0 Å². The van der Waals surface area contributed by atoms with Crippen molar-refractivity contribution >= 4 is 5.97 Å². The molecule has 3 heteroatoms. The first kappa shape index (κ1) is 6.14. The van der Waals surface area contributed by atoms with Gasteiger partial charge in [-0.25, -0.2) is 4.79 Å². The number of carboxylic acids is 1. The topological polar surface area (TPSA) is 37.3 Å². The fourth-order valence-corrected chi connectivity index (χ4v) is 0.123. The molecule has 0 aliphatic carbocycles. The number of carbonyl (C=O) groups is 1. The fourth-order valence-electron chi connectivity index (χ4n) is 0.123. The highest BCUT2D eigenvalue weighted by molar-refractivity contribution is 5.83. The third-order valence-corrected chi connectivity index (χ3v) is 0.458. The molecule has 0 saturated heterocycles. The lowest BCUT2D eigenvalue weighted by atomic mass is 10.5. The summed E-state index contributed by atoms with van der Waals surface area (Å²) in [5, 5.41) is 7.74. The van der Waals surface area contributed by atoms with Gasteiger partial charge in [0.2, 0.25) is 5.83 Å². The molecule has 0 aromatic rings. The Kier molecular flexibility index (Phi) is 2.05. The van der Waals surface area contributed by atoms with Crippen LogP contribution in [0.4, 0.5) is 4.39 Å². The van der Waals surface area contributed by atoms with E-state index in [0.717, 1.165) is 6.08 Å². The van der Waals surface area contributed by atoms with Gasteiger partial charge in [0.15, 0.2) is 0 Å². The first-order valence-electron chi connectivity index (χ1n) is 1.73. The Hall–Kier alpha value is -0.860. The van der Waals surface area contributed by atoms with Gasteiger partial charge in [0.1, 0.15) is 0 Å². The predicted molar refractivity (Wildman–Crippen MR) is 22.5 cm³/mol. The lowest BCUT2D eigenvalue weighted by Crippen LogP contribution is -1.92. The molecule has 0 bridgehead atoms. The second kappa shape index (κ2) is 2.34. The van der Waals surface area contributed by atoms with E-state index in [1.54, 1.807) is 0 Å². The van der Waals surface area contributed by atoms with Crippen LogP contribution in [0.15, 0.2) is 11.9 Å². The van der Waals surface area contributed by atoms with Crippen molar-refractivity contribution in [3.05, 3.63) is 11.9 Å². The minimum absolute atomic E-state index is 0.891. The number of carboxylic acid groups (broad SMARTS) is 1. The van der Waals surface area contributed by atoms with Gasteiger partial charge in [0, 0.05) is 0 Å². The van der Waals surface area contributed by atoms with E-state index in [-0.39, 0.29) is 0 Å². The summed E-state index contributed by atoms with van der Waals surface area (Å²) in [7, 11) is 0. The Labute approximate surface area is 40.3 Å². The SMILES string of the molecule is C/C=C(/F)C(=O)O. The number of halogens is 1. The zero-order valence-corrected chi connectivity index (χ0v) is 3.81. The largest absolute Gasteiger partial charge is 0.476 e. The molecular formula is C4H5FO2. The summed E-state index contributed by atoms with van der Waals surface area (Å²) in [5.74, 6) is -2.62. The third kappa shape index (κ3) is 1.92. The van der Waals surface area contributed by atoms with Crippen LogP contribution in [0.2, 0.25) is 0 Å². The molecule has 0 atom stereocenters. The van der Waals surface area contributed by atoms with Gasteiger partial charge in [0.25, 0.3) is 0 Å². The van der Waals surface area contributed by atoms with Crippen LogP contribution >= 0.6 is 0 Å². The van der Waals surface area contributed by atoms with Crippen LogP contribution in [0.25, 0.3) is 0 Å². The summed E-state index contributed by atoms with van der Waals surface area (Å²) < 4.78 is 11.5. The summed E-state index contributed by atoms with van der Waals surface area (Å²) in [6.45, 7) is 1.32. The van der Waals surface area contributed by atoms with Gasteiger partial charge < -0.3 is 5.11 Å². The normalized spacial score (nSPS) is 11.4. The van der Waals surface area contributed by atoms with Crippen molar-refractivity contribution in [2.45, 2.75) is 6.92 Å². The van der Waals surface area contributed by atoms with Gasteiger partial charge >= 0.3 is 5.97 Å². The lowest BCUT2D eigenvalue weighted by Gasteiger charge is -1.79. The Morgan fingerprint density at radius 1 is 1.86 bits per heavy atom. The van der Waals surface area contributed by atoms with Gasteiger partial charge in [0.05, 0.1) is 0 Å². The maximum atomic E-state index is 11.5. The van der Waals surface area contributed by atoms with E-state index in [9.17, 15) is 9.18 Å². The second-order valence-electron chi connectivity index (χ2n) is 0.942. The highest BCUT2D eigenvalue weighted by Crippen LogP contribution is 1.92. The van der Waals surface area contributed by atoms with Crippen LogP contribution in [-0.2, 0) is 4.79 Å².